The first kappa shape index (κ1) is 11.7. The number of hydrogen-bond acceptors (Lipinski definition) is 2. The number of halogens is 1. The Morgan fingerprint density at radius 2 is 2.19 bits per heavy atom. The Hall–Kier alpha value is -0.730. The van der Waals surface area contributed by atoms with Crippen molar-refractivity contribution in [2.45, 2.75) is 25.7 Å². The minimum atomic E-state index is 0.624. The van der Waals surface area contributed by atoms with Gasteiger partial charge in [0.05, 0.1) is 6.61 Å². The fraction of sp³-hybridized carbons (Fsp3) is 0.538. The minimum Gasteiger partial charge on any atom is -0.493 e. The van der Waals surface area contributed by atoms with Crippen LogP contribution in [0.15, 0.2) is 18.2 Å². The van der Waals surface area contributed by atoms with Gasteiger partial charge in [0, 0.05) is 5.02 Å². The van der Waals surface area contributed by atoms with Gasteiger partial charge in [-0.05, 0) is 49.1 Å². The summed E-state index contributed by atoms with van der Waals surface area (Å²) in [6, 6.07) is 5.76. The van der Waals surface area contributed by atoms with Crippen LogP contribution in [0.3, 0.4) is 0 Å². The molecule has 0 unspecified atom stereocenters. The molecule has 1 fully saturated rings. The van der Waals surface area contributed by atoms with Crippen molar-refractivity contribution in [3.8, 4) is 5.75 Å². The van der Waals surface area contributed by atoms with Crippen LogP contribution in [-0.4, -0.2) is 13.2 Å². The zero-order chi connectivity index (χ0) is 11.4. The van der Waals surface area contributed by atoms with Crippen molar-refractivity contribution in [2.24, 2.45) is 11.7 Å². The highest BCUT2D eigenvalue weighted by Gasteiger charge is 2.20. The van der Waals surface area contributed by atoms with E-state index in [1.165, 1.54) is 19.3 Å². The lowest BCUT2D eigenvalue weighted by Crippen LogP contribution is -2.06. The van der Waals surface area contributed by atoms with Crippen molar-refractivity contribution in [1.82, 2.24) is 0 Å². The molecular weight excluding hydrogens is 222 g/mol. The largest absolute Gasteiger partial charge is 0.493 e. The van der Waals surface area contributed by atoms with Gasteiger partial charge < -0.3 is 10.5 Å². The maximum absolute atomic E-state index is 5.95. The van der Waals surface area contributed by atoms with Crippen molar-refractivity contribution in [3.63, 3.8) is 0 Å². The van der Waals surface area contributed by atoms with E-state index in [2.05, 4.69) is 0 Å². The molecule has 1 aliphatic rings. The SMILES string of the molecule is NCCc1cc(Cl)ccc1OCCC1CC1. The first-order valence-electron chi connectivity index (χ1n) is 5.91. The van der Waals surface area contributed by atoms with Crippen LogP contribution < -0.4 is 10.5 Å². The first-order chi connectivity index (χ1) is 7.79. The molecular formula is C13H18ClNO. The fourth-order valence-corrected chi connectivity index (χ4v) is 1.98. The van der Waals surface area contributed by atoms with E-state index >= 15 is 0 Å². The normalized spacial score (nSPS) is 15.1. The fourth-order valence-electron chi connectivity index (χ4n) is 1.78. The monoisotopic (exact) mass is 239 g/mol. The molecule has 2 nitrogen and oxygen atoms in total. The highest BCUT2D eigenvalue weighted by molar-refractivity contribution is 6.30. The van der Waals surface area contributed by atoms with Gasteiger partial charge in [-0.1, -0.05) is 24.4 Å². The third kappa shape index (κ3) is 3.39. The van der Waals surface area contributed by atoms with Crippen molar-refractivity contribution in [3.05, 3.63) is 28.8 Å². The Bertz CT molecular complexity index is 350. The van der Waals surface area contributed by atoms with Crippen molar-refractivity contribution in [1.29, 1.82) is 0 Å². The second-order valence-electron chi connectivity index (χ2n) is 4.37. The molecule has 88 valence electrons. The molecule has 3 heteroatoms. The van der Waals surface area contributed by atoms with Crippen LogP contribution in [0.5, 0.6) is 5.75 Å². The Morgan fingerprint density at radius 3 is 2.88 bits per heavy atom. The van der Waals surface area contributed by atoms with Gasteiger partial charge in [0.25, 0.3) is 0 Å². The third-order valence-electron chi connectivity index (χ3n) is 2.92. The lowest BCUT2D eigenvalue weighted by atomic mass is 10.1. The Kier molecular flexibility index (Phi) is 4.08. The van der Waals surface area contributed by atoms with Gasteiger partial charge in [0.1, 0.15) is 5.75 Å². The molecule has 16 heavy (non-hydrogen) atoms. The van der Waals surface area contributed by atoms with Crippen LogP contribution >= 0.6 is 11.6 Å². The van der Waals surface area contributed by atoms with Crippen LogP contribution in [0.4, 0.5) is 0 Å². The van der Waals surface area contributed by atoms with Gasteiger partial charge >= 0.3 is 0 Å². The van der Waals surface area contributed by atoms with Crippen LogP contribution in [0.1, 0.15) is 24.8 Å². The van der Waals surface area contributed by atoms with Crippen LogP contribution in [0.2, 0.25) is 5.02 Å². The highest BCUT2D eigenvalue weighted by atomic mass is 35.5. The van der Waals surface area contributed by atoms with Gasteiger partial charge in [-0.3, -0.25) is 0 Å². The van der Waals surface area contributed by atoms with Crippen LogP contribution in [0, 0.1) is 5.92 Å². The van der Waals surface area contributed by atoms with Gasteiger partial charge in [0.2, 0.25) is 0 Å². The van der Waals surface area contributed by atoms with Crippen molar-refractivity contribution >= 4 is 11.6 Å². The molecule has 0 amide bonds. The quantitative estimate of drug-likeness (QED) is 0.828. The summed E-state index contributed by atoms with van der Waals surface area (Å²) in [5.74, 6) is 1.85. The number of hydrogen-bond donors (Lipinski definition) is 1. The predicted molar refractivity (Wildman–Crippen MR) is 67.0 cm³/mol. The number of benzene rings is 1. The summed E-state index contributed by atoms with van der Waals surface area (Å²) in [5, 5.41) is 0.748. The lowest BCUT2D eigenvalue weighted by molar-refractivity contribution is 0.299. The number of rotatable bonds is 6. The average molecular weight is 240 g/mol. The van der Waals surface area contributed by atoms with Crippen molar-refractivity contribution < 1.29 is 4.74 Å². The highest BCUT2D eigenvalue weighted by Crippen LogP contribution is 2.32. The van der Waals surface area contributed by atoms with E-state index in [-0.39, 0.29) is 0 Å². The topological polar surface area (TPSA) is 35.2 Å². The smallest absolute Gasteiger partial charge is 0.122 e. The summed E-state index contributed by atoms with van der Waals surface area (Å²) >= 11 is 5.95. The van der Waals surface area contributed by atoms with Crippen molar-refractivity contribution in [2.75, 3.05) is 13.2 Å². The maximum Gasteiger partial charge on any atom is 0.122 e. The molecule has 0 heterocycles. The zero-order valence-corrected chi connectivity index (χ0v) is 10.2. The third-order valence-corrected chi connectivity index (χ3v) is 3.15. The molecule has 0 saturated heterocycles. The van der Waals surface area contributed by atoms with Gasteiger partial charge in [-0.2, -0.15) is 0 Å². The van der Waals surface area contributed by atoms with Crippen LogP contribution in [0.25, 0.3) is 0 Å². The molecule has 0 bridgehead atoms. The molecule has 2 N–H and O–H groups in total. The summed E-state index contributed by atoms with van der Waals surface area (Å²) in [4.78, 5) is 0. The van der Waals surface area contributed by atoms with E-state index in [1.807, 2.05) is 18.2 Å². The second-order valence-corrected chi connectivity index (χ2v) is 4.81. The van der Waals surface area contributed by atoms with Gasteiger partial charge in [-0.25, -0.2) is 0 Å². The predicted octanol–water partition coefficient (Wildman–Crippen LogP) is 3.02. The second kappa shape index (κ2) is 5.55. The van der Waals surface area contributed by atoms with Gasteiger partial charge in [0.15, 0.2) is 0 Å². The minimum absolute atomic E-state index is 0.624. The standard InChI is InChI=1S/C13H18ClNO/c14-12-3-4-13(11(9-12)5-7-15)16-8-6-10-1-2-10/h3-4,9-10H,1-2,5-8,15H2. The average Bonchev–Trinajstić information content (AvgIpc) is 3.06. The van der Waals surface area contributed by atoms with Crippen LogP contribution in [-0.2, 0) is 6.42 Å². The summed E-state index contributed by atoms with van der Waals surface area (Å²) in [6.45, 7) is 1.43. The van der Waals surface area contributed by atoms with E-state index in [0.29, 0.717) is 6.54 Å². The maximum atomic E-state index is 5.95. The molecule has 0 spiro atoms. The van der Waals surface area contributed by atoms with E-state index in [9.17, 15) is 0 Å². The molecule has 1 aromatic rings. The molecule has 0 atom stereocenters. The van der Waals surface area contributed by atoms with E-state index in [0.717, 1.165) is 35.3 Å². The summed E-state index contributed by atoms with van der Waals surface area (Å²) < 4.78 is 5.78. The first-order valence-corrected chi connectivity index (χ1v) is 6.28. The van der Waals surface area contributed by atoms with Gasteiger partial charge in [-0.15, -0.1) is 0 Å². The Balaban J connectivity index is 1.93. The zero-order valence-electron chi connectivity index (χ0n) is 9.42. The Morgan fingerprint density at radius 1 is 1.38 bits per heavy atom. The summed E-state index contributed by atoms with van der Waals surface area (Å²) in [5.41, 5.74) is 6.68. The summed E-state index contributed by atoms with van der Waals surface area (Å²) in [6.07, 6.45) is 4.74. The molecule has 1 saturated carbocycles. The number of nitrogens with two attached hydrogens (primary N) is 1. The lowest BCUT2D eigenvalue weighted by Gasteiger charge is -2.11. The van der Waals surface area contributed by atoms with E-state index in [1.54, 1.807) is 0 Å². The molecule has 2 rings (SSSR count). The summed E-state index contributed by atoms with van der Waals surface area (Å²) in [7, 11) is 0. The number of ether oxygens (including phenoxy) is 1. The molecule has 0 aromatic heterocycles. The molecule has 1 aromatic carbocycles. The molecule has 0 radical (unpaired) electrons. The van der Waals surface area contributed by atoms with E-state index < -0.39 is 0 Å². The molecule has 1 aliphatic carbocycles. The molecule has 0 aliphatic heterocycles. The Labute approximate surface area is 102 Å². The van der Waals surface area contributed by atoms with E-state index in [4.69, 9.17) is 22.1 Å².